The number of aromatic nitrogens is 3. The molecule has 11 heavy (non-hydrogen) atoms. The Labute approximate surface area is 65.4 Å². The summed E-state index contributed by atoms with van der Waals surface area (Å²) in [5.74, 6) is 2.31. The zero-order chi connectivity index (χ0) is 7.47. The smallest absolute Gasteiger partial charge is 0.133 e. The van der Waals surface area contributed by atoms with Crippen molar-refractivity contribution in [3.05, 3.63) is 11.6 Å². The summed E-state index contributed by atoms with van der Waals surface area (Å²) in [7, 11) is 0. The average Bonchev–Trinajstić information content (AvgIpc) is 2.51. The monoisotopic (exact) mass is 149 g/mol. The van der Waals surface area contributed by atoms with Crippen molar-refractivity contribution < 1.29 is 0 Å². The molecule has 2 aliphatic rings. The van der Waals surface area contributed by atoms with Crippen LogP contribution in [0.5, 0.6) is 0 Å². The second-order valence-electron chi connectivity index (χ2n) is 3.72. The fourth-order valence-corrected chi connectivity index (χ4v) is 2.26. The fourth-order valence-electron chi connectivity index (χ4n) is 2.26. The van der Waals surface area contributed by atoms with Crippen LogP contribution in [0.1, 0.15) is 30.9 Å². The molecule has 1 aliphatic heterocycles. The molecule has 0 radical (unpaired) electrons. The van der Waals surface area contributed by atoms with Crippen molar-refractivity contribution in [3.63, 3.8) is 0 Å². The predicted molar refractivity (Wildman–Crippen MR) is 40.3 cm³/mol. The van der Waals surface area contributed by atoms with Gasteiger partial charge in [-0.15, -0.1) is 10.2 Å². The highest BCUT2D eigenvalue weighted by Gasteiger charge is 2.50. The van der Waals surface area contributed by atoms with E-state index in [1.807, 2.05) is 0 Å². The van der Waals surface area contributed by atoms with Crippen LogP contribution in [-0.4, -0.2) is 14.8 Å². The van der Waals surface area contributed by atoms with Crippen molar-refractivity contribution >= 4 is 0 Å². The van der Waals surface area contributed by atoms with Gasteiger partial charge in [0.05, 0.1) is 0 Å². The maximum absolute atomic E-state index is 4.14. The molecule has 58 valence electrons. The van der Waals surface area contributed by atoms with Crippen LogP contribution in [0.15, 0.2) is 0 Å². The molecule has 0 bridgehead atoms. The highest BCUT2D eigenvalue weighted by atomic mass is 15.3. The van der Waals surface area contributed by atoms with Gasteiger partial charge in [0.1, 0.15) is 11.6 Å². The quantitative estimate of drug-likeness (QED) is 0.551. The van der Waals surface area contributed by atoms with E-state index >= 15 is 0 Å². The first kappa shape index (κ1) is 5.75. The van der Waals surface area contributed by atoms with Gasteiger partial charge in [-0.2, -0.15) is 0 Å². The van der Waals surface area contributed by atoms with E-state index < -0.39 is 0 Å². The molecular formula is C8H11N3. The number of aryl methyl sites for hydroxylation is 2. The molecule has 0 saturated heterocycles. The minimum Gasteiger partial charge on any atom is -0.309 e. The third kappa shape index (κ3) is 0.549. The van der Waals surface area contributed by atoms with Crippen LogP contribution in [0.25, 0.3) is 0 Å². The zero-order valence-electron chi connectivity index (χ0n) is 6.67. The normalized spacial score (nSPS) is 24.1. The lowest BCUT2D eigenvalue weighted by Gasteiger charge is -2.09. The second kappa shape index (κ2) is 1.49. The molecule has 2 heterocycles. The molecule has 1 aliphatic carbocycles. The fraction of sp³-hybridized carbons (Fsp3) is 0.750. The van der Waals surface area contributed by atoms with Crippen LogP contribution in [0.4, 0.5) is 0 Å². The summed E-state index contributed by atoms with van der Waals surface area (Å²) in [5, 5.41) is 8.23. The van der Waals surface area contributed by atoms with E-state index in [0.717, 1.165) is 12.2 Å². The maximum Gasteiger partial charge on any atom is 0.133 e. The second-order valence-corrected chi connectivity index (χ2v) is 3.72. The van der Waals surface area contributed by atoms with Crippen LogP contribution in [0.3, 0.4) is 0 Å². The van der Waals surface area contributed by atoms with Crippen molar-refractivity contribution in [2.24, 2.45) is 0 Å². The molecule has 0 amide bonds. The van der Waals surface area contributed by atoms with Gasteiger partial charge < -0.3 is 4.57 Å². The number of fused-ring (bicyclic) bond motifs is 2. The van der Waals surface area contributed by atoms with E-state index in [1.165, 1.54) is 25.1 Å². The number of hydrogen-bond acceptors (Lipinski definition) is 2. The molecule has 1 fully saturated rings. The Morgan fingerprint density at radius 3 is 2.82 bits per heavy atom. The van der Waals surface area contributed by atoms with Crippen molar-refractivity contribution in [1.29, 1.82) is 0 Å². The SMILES string of the molecule is Cc1nnc2n1C1(CC2)CC1. The minimum atomic E-state index is 0.489. The Kier molecular flexibility index (Phi) is 0.780. The van der Waals surface area contributed by atoms with Gasteiger partial charge in [0.2, 0.25) is 0 Å². The first-order valence-corrected chi connectivity index (χ1v) is 4.23. The Bertz CT molecular complexity index is 309. The highest BCUT2D eigenvalue weighted by Crippen LogP contribution is 2.51. The van der Waals surface area contributed by atoms with Crippen molar-refractivity contribution in [2.75, 3.05) is 0 Å². The minimum absolute atomic E-state index is 0.489. The lowest BCUT2D eigenvalue weighted by Crippen LogP contribution is -2.12. The van der Waals surface area contributed by atoms with Gasteiger partial charge in [0, 0.05) is 12.0 Å². The van der Waals surface area contributed by atoms with Gasteiger partial charge in [-0.25, -0.2) is 0 Å². The standard InChI is InChI=1S/C8H11N3/c1-6-9-10-7-2-3-8(4-5-8)11(6)7/h2-5H2,1H3. The molecule has 0 unspecified atom stereocenters. The van der Waals surface area contributed by atoms with Crippen LogP contribution in [0.2, 0.25) is 0 Å². The van der Waals surface area contributed by atoms with Gasteiger partial charge in [-0.05, 0) is 26.2 Å². The first-order chi connectivity index (χ1) is 5.32. The molecule has 3 nitrogen and oxygen atoms in total. The van der Waals surface area contributed by atoms with Crippen LogP contribution in [0, 0.1) is 6.92 Å². The number of nitrogens with zero attached hydrogens (tertiary/aromatic N) is 3. The van der Waals surface area contributed by atoms with E-state index in [9.17, 15) is 0 Å². The van der Waals surface area contributed by atoms with E-state index in [2.05, 4.69) is 21.7 Å². The summed E-state index contributed by atoms with van der Waals surface area (Å²) >= 11 is 0. The Hall–Kier alpha value is -0.860. The topological polar surface area (TPSA) is 30.7 Å². The lowest BCUT2D eigenvalue weighted by atomic mass is 10.2. The Morgan fingerprint density at radius 1 is 1.27 bits per heavy atom. The predicted octanol–water partition coefficient (Wildman–Crippen LogP) is 1.02. The molecule has 1 saturated carbocycles. The summed E-state index contributed by atoms with van der Waals surface area (Å²) in [5.41, 5.74) is 0.489. The molecule has 3 rings (SSSR count). The molecule has 0 atom stereocenters. The largest absolute Gasteiger partial charge is 0.309 e. The Balaban J connectivity index is 2.25. The molecular weight excluding hydrogens is 138 g/mol. The van der Waals surface area contributed by atoms with Crippen LogP contribution >= 0.6 is 0 Å². The number of rotatable bonds is 0. The summed E-state index contributed by atoms with van der Waals surface area (Å²) in [6, 6.07) is 0. The van der Waals surface area contributed by atoms with Gasteiger partial charge in [-0.1, -0.05) is 0 Å². The van der Waals surface area contributed by atoms with E-state index in [4.69, 9.17) is 0 Å². The Morgan fingerprint density at radius 2 is 2.09 bits per heavy atom. The van der Waals surface area contributed by atoms with Crippen molar-refractivity contribution in [3.8, 4) is 0 Å². The van der Waals surface area contributed by atoms with Gasteiger partial charge in [0.15, 0.2) is 0 Å². The summed E-state index contributed by atoms with van der Waals surface area (Å²) in [6.45, 7) is 2.06. The van der Waals surface area contributed by atoms with Crippen molar-refractivity contribution in [2.45, 2.75) is 38.1 Å². The highest BCUT2D eigenvalue weighted by molar-refractivity contribution is 5.15. The third-order valence-corrected chi connectivity index (χ3v) is 3.01. The maximum atomic E-state index is 4.14. The van der Waals surface area contributed by atoms with Crippen LogP contribution in [-0.2, 0) is 12.0 Å². The molecule has 0 aromatic carbocycles. The molecule has 1 aromatic heterocycles. The average molecular weight is 149 g/mol. The number of hydrogen-bond donors (Lipinski definition) is 0. The third-order valence-electron chi connectivity index (χ3n) is 3.01. The van der Waals surface area contributed by atoms with Gasteiger partial charge in [0.25, 0.3) is 0 Å². The summed E-state index contributed by atoms with van der Waals surface area (Å²) in [4.78, 5) is 0. The van der Waals surface area contributed by atoms with Gasteiger partial charge >= 0.3 is 0 Å². The van der Waals surface area contributed by atoms with Crippen LogP contribution < -0.4 is 0 Å². The summed E-state index contributed by atoms with van der Waals surface area (Å²) < 4.78 is 2.35. The molecule has 1 spiro atoms. The lowest BCUT2D eigenvalue weighted by molar-refractivity contribution is 0.496. The van der Waals surface area contributed by atoms with E-state index in [-0.39, 0.29) is 0 Å². The van der Waals surface area contributed by atoms with Crippen molar-refractivity contribution in [1.82, 2.24) is 14.8 Å². The molecule has 3 heteroatoms. The van der Waals surface area contributed by atoms with E-state index in [0.29, 0.717) is 5.54 Å². The van der Waals surface area contributed by atoms with Gasteiger partial charge in [-0.3, -0.25) is 0 Å². The summed E-state index contributed by atoms with van der Waals surface area (Å²) in [6.07, 6.45) is 5.14. The zero-order valence-corrected chi connectivity index (χ0v) is 6.67. The molecule has 1 aromatic rings. The first-order valence-electron chi connectivity index (χ1n) is 4.23. The van der Waals surface area contributed by atoms with E-state index in [1.54, 1.807) is 0 Å². The molecule has 0 N–H and O–H groups in total.